The molecule has 0 aliphatic heterocycles. The van der Waals surface area contributed by atoms with Crippen LogP contribution >= 0.6 is 0 Å². The van der Waals surface area contributed by atoms with Gasteiger partial charge < -0.3 is 20.5 Å². The first-order valence-electron chi connectivity index (χ1n) is 11.0. The average Bonchev–Trinajstić information content (AvgIpc) is 2.77. The van der Waals surface area contributed by atoms with Crippen molar-refractivity contribution in [3.63, 3.8) is 0 Å². The second-order valence-electron chi connectivity index (χ2n) is 8.40. The lowest BCUT2D eigenvalue weighted by Gasteiger charge is -2.23. The Morgan fingerprint density at radius 1 is 1.12 bits per heavy atom. The lowest BCUT2D eigenvalue weighted by Crippen LogP contribution is -2.36. The molecule has 0 saturated heterocycles. The summed E-state index contributed by atoms with van der Waals surface area (Å²) in [6, 6.07) is 6.51. The fourth-order valence-corrected chi connectivity index (χ4v) is 3.14. The molecule has 0 bridgehead atoms. The van der Waals surface area contributed by atoms with Crippen LogP contribution in [0.5, 0.6) is 11.6 Å². The Morgan fingerprint density at radius 3 is 2.30 bits per heavy atom. The van der Waals surface area contributed by atoms with E-state index in [4.69, 9.17) is 15.2 Å². The molecule has 3 rings (SSSR count). The van der Waals surface area contributed by atoms with Gasteiger partial charge in [0.05, 0.1) is 6.20 Å². The fraction of sp³-hybridized carbons (Fsp3) is 0.458. The van der Waals surface area contributed by atoms with Crippen LogP contribution in [0.3, 0.4) is 0 Å². The monoisotopic (exact) mass is 463 g/mol. The zero-order chi connectivity index (χ0) is 24.4. The van der Waals surface area contributed by atoms with E-state index in [-0.39, 0.29) is 17.5 Å². The Bertz CT molecular complexity index is 930. The van der Waals surface area contributed by atoms with Gasteiger partial charge in [-0.15, -0.1) is 0 Å². The van der Waals surface area contributed by atoms with Crippen molar-refractivity contribution in [3.8, 4) is 11.6 Å². The lowest BCUT2D eigenvalue weighted by molar-refractivity contribution is 0.0429. The van der Waals surface area contributed by atoms with Gasteiger partial charge in [0.25, 0.3) is 5.91 Å². The number of carbonyl (C=O) groups is 2. The Morgan fingerprint density at radius 2 is 1.76 bits per heavy atom. The molecule has 1 aliphatic carbocycles. The summed E-state index contributed by atoms with van der Waals surface area (Å²) in [7, 11) is 0. The van der Waals surface area contributed by atoms with Crippen molar-refractivity contribution in [2.75, 3.05) is 0 Å². The summed E-state index contributed by atoms with van der Waals surface area (Å²) in [6.07, 6.45) is 6.21. The molecule has 7 nitrogen and oxygen atoms in total. The minimum absolute atomic E-state index is 0.00341. The SMILES string of the molecule is CCC(C)(C)OC(N)=O.O=C(NC1CCCCC1)c1cc(F)cnc1Oc1ccc(F)cc1. The number of nitrogens with two attached hydrogens (primary N) is 1. The number of halogens is 2. The highest BCUT2D eigenvalue weighted by Gasteiger charge is 2.21. The summed E-state index contributed by atoms with van der Waals surface area (Å²) in [6.45, 7) is 5.57. The molecule has 2 aromatic rings. The number of benzene rings is 1. The predicted octanol–water partition coefficient (Wildman–Crippen LogP) is 5.48. The molecule has 0 radical (unpaired) electrons. The van der Waals surface area contributed by atoms with Crippen molar-refractivity contribution in [3.05, 3.63) is 53.7 Å². The van der Waals surface area contributed by atoms with Crippen molar-refractivity contribution in [2.24, 2.45) is 5.73 Å². The molecule has 1 aromatic carbocycles. The van der Waals surface area contributed by atoms with Gasteiger partial charge in [-0.1, -0.05) is 26.2 Å². The number of hydrogen-bond donors (Lipinski definition) is 2. The molecule has 33 heavy (non-hydrogen) atoms. The smallest absolute Gasteiger partial charge is 0.405 e. The Kier molecular flexibility index (Phi) is 9.57. The summed E-state index contributed by atoms with van der Waals surface area (Å²) in [4.78, 5) is 26.5. The number of aromatic nitrogens is 1. The van der Waals surface area contributed by atoms with E-state index in [1.807, 2.05) is 20.8 Å². The van der Waals surface area contributed by atoms with Gasteiger partial charge in [-0.25, -0.2) is 18.6 Å². The summed E-state index contributed by atoms with van der Waals surface area (Å²) in [5, 5.41) is 2.91. The van der Waals surface area contributed by atoms with Crippen LogP contribution in [0.1, 0.15) is 69.7 Å². The van der Waals surface area contributed by atoms with Gasteiger partial charge in [-0.05, 0) is 63.4 Å². The minimum atomic E-state index is -0.707. The molecule has 0 atom stereocenters. The molecule has 1 saturated carbocycles. The van der Waals surface area contributed by atoms with E-state index >= 15 is 0 Å². The first kappa shape index (κ1) is 26.0. The van der Waals surface area contributed by atoms with Crippen LogP contribution in [0.4, 0.5) is 13.6 Å². The van der Waals surface area contributed by atoms with E-state index in [0.717, 1.165) is 44.4 Å². The van der Waals surface area contributed by atoms with E-state index in [9.17, 15) is 18.4 Å². The number of rotatable bonds is 6. The van der Waals surface area contributed by atoms with Crippen LogP contribution in [0.2, 0.25) is 0 Å². The Hall–Kier alpha value is -3.23. The molecule has 9 heteroatoms. The largest absolute Gasteiger partial charge is 0.444 e. The molecule has 0 spiro atoms. The van der Waals surface area contributed by atoms with Crippen molar-refractivity contribution in [1.29, 1.82) is 0 Å². The van der Waals surface area contributed by atoms with Crippen molar-refractivity contribution in [1.82, 2.24) is 10.3 Å². The standard InChI is InChI=1S/C18H18F2N2O2.C6H13NO2/c19-12-6-8-15(9-7-12)24-18-16(10-13(20)11-21-18)17(23)22-14-4-2-1-3-5-14;1-4-6(2,3)9-5(7)8/h6-11,14H,1-5H2,(H,22,23);4H2,1-3H3,(H2,7,8). The summed E-state index contributed by atoms with van der Waals surface area (Å²) in [5.74, 6) is -1.11. The molecular formula is C24H31F2N3O4. The van der Waals surface area contributed by atoms with Crippen LogP contribution < -0.4 is 15.8 Å². The number of primary amides is 1. The zero-order valence-corrected chi connectivity index (χ0v) is 19.2. The van der Waals surface area contributed by atoms with E-state index in [1.54, 1.807) is 0 Å². The zero-order valence-electron chi connectivity index (χ0n) is 19.2. The van der Waals surface area contributed by atoms with Crippen molar-refractivity contribution in [2.45, 2.75) is 70.9 Å². The van der Waals surface area contributed by atoms with Crippen LogP contribution in [0.15, 0.2) is 36.5 Å². The van der Waals surface area contributed by atoms with Gasteiger partial charge in [0.2, 0.25) is 5.88 Å². The van der Waals surface area contributed by atoms with Gasteiger partial charge in [-0.2, -0.15) is 0 Å². The highest BCUT2D eigenvalue weighted by atomic mass is 19.1. The molecule has 0 unspecified atom stereocenters. The van der Waals surface area contributed by atoms with Crippen molar-refractivity contribution >= 4 is 12.0 Å². The topological polar surface area (TPSA) is 104 Å². The highest BCUT2D eigenvalue weighted by molar-refractivity contribution is 5.96. The Balaban J connectivity index is 0.000000365. The second kappa shape index (κ2) is 12.1. The quantitative estimate of drug-likeness (QED) is 0.590. The normalized spacial score (nSPS) is 14.0. The molecule has 2 amide bonds. The summed E-state index contributed by atoms with van der Waals surface area (Å²) in [5.41, 5.74) is 4.41. The highest BCUT2D eigenvalue weighted by Crippen LogP contribution is 2.25. The van der Waals surface area contributed by atoms with Crippen LogP contribution in [-0.2, 0) is 4.74 Å². The van der Waals surface area contributed by atoms with Crippen LogP contribution in [0, 0.1) is 11.6 Å². The van der Waals surface area contributed by atoms with Gasteiger partial charge in [0.1, 0.15) is 28.5 Å². The molecular weight excluding hydrogens is 432 g/mol. The average molecular weight is 464 g/mol. The van der Waals surface area contributed by atoms with Gasteiger partial charge in [0, 0.05) is 6.04 Å². The second-order valence-corrected chi connectivity index (χ2v) is 8.40. The summed E-state index contributed by atoms with van der Waals surface area (Å²) >= 11 is 0. The molecule has 180 valence electrons. The van der Waals surface area contributed by atoms with Crippen molar-refractivity contribution < 1.29 is 27.8 Å². The third-order valence-corrected chi connectivity index (χ3v) is 5.26. The maximum Gasteiger partial charge on any atom is 0.405 e. The Labute approximate surface area is 192 Å². The number of ether oxygens (including phenoxy) is 2. The van der Waals surface area contributed by atoms with Crippen LogP contribution in [0.25, 0.3) is 0 Å². The predicted molar refractivity (Wildman–Crippen MR) is 120 cm³/mol. The fourth-order valence-electron chi connectivity index (χ4n) is 3.14. The van der Waals surface area contributed by atoms with E-state index in [2.05, 4.69) is 10.3 Å². The first-order chi connectivity index (χ1) is 15.6. The van der Waals surface area contributed by atoms with Gasteiger partial charge >= 0.3 is 6.09 Å². The number of carbonyl (C=O) groups excluding carboxylic acids is 2. The first-order valence-corrected chi connectivity index (χ1v) is 11.0. The number of hydrogen-bond acceptors (Lipinski definition) is 5. The maximum atomic E-state index is 13.5. The number of amides is 2. The number of pyridine rings is 1. The number of nitrogens with zero attached hydrogens (tertiary/aromatic N) is 1. The van der Waals surface area contributed by atoms with E-state index in [0.29, 0.717) is 5.75 Å². The molecule has 1 aliphatic rings. The minimum Gasteiger partial charge on any atom is -0.444 e. The molecule has 3 N–H and O–H groups in total. The third kappa shape index (κ3) is 9.03. The lowest BCUT2D eigenvalue weighted by atomic mass is 9.95. The summed E-state index contributed by atoms with van der Waals surface area (Å²) < 4.78 is 36.7. The third-order valence-electron chi connectivity index (χ3n) is 5.26. The molecule has 1 aromatic heterocycles. The van der Waals surface area contributed by atoms with E-state index in [1.165, 1.54) is 30.7 Å². The van der Waals surface area contributed by atoms with Crippen LogP contribution in [-0.4, -0.2) is 28.6 Å². The van der Waals surface area contributed by atoms with Gasteiger partial charge in [0.15, 0.2) is 0 Å². The maximum absolute atomic E-state index is 13.5. The number of nitrogens with one attached hydrogen (secondary N) is 1. The van der Waals surface area contributed by atoms with E-state index < -0.39 is 29.2 Å². The van der Waals surface area contributed by atoms with Gasteiger partial charge in [-0.3, -0.25) is 4.79 Å². The molecule has 1 heterocycles. The molecule has 1 fully saturated rings.